The van der Waals surface area contributed by atoms with Crippen molar-refractivity contribution in [1.82, 2.24) is 10.2 Å². The van der Waals surface area contributed by atoms with Crippen molar-refractivity contribution in [2.45, 2.75) is 13.5 Å². The first-order valence-corrected chi connectivity index (χ1v) is 10.3. The minimum atomic E-state index is 0.582. The van der Waals surface area contributed by atoms with Gasteiger partial charge in [-0.15, -0.1) is 0 Å². The molecule has 2 aromatic carbocycles. The molecule has 162 valence electrons. The third-order valence-corrected chi connectivity index (χ3v) is 5.19. The van der Waals surface area contributed by atoms with Crippen LogP contribution in [0.4, 0.5) is 5.69 Å². The number of ether oxygens (including phenoxy) is 3. The molecule has 7 heteroatoms. The molecular formula is C23H32N4O3. The molecule has 7 nitrogen and oxygen atoms in total. The van der Waals surface area contributed by atoms with Crippen LogP contribution in [0.3, 0.4) is 0 Å². The van der Waals surface area contributed by atoms with E-state index in [9.17, 15) is 0 Å². The number of aliphatic imine (C=N–C) groups is 1. The van der Waals surface area contributed by atoms with Crippen molar-refractivity contribution >= 4 is 11.6 Å². The molecule has 0 atom stereocenters. The number of hydrogen-bond donors (Lipinski definition) is 1. The Morgan fingerprint density at radius 1 is 0.933 bits per heavy atom. The molecule has 3 rings (SSSR count). The molecule has 1 N–H and O–H groups in total. The summed E-state index contributed by atoms with van der Waals surface area (Å²) in [6.07, 6.45) is 0. The molecule has 2 aromatic rings. The smallest absolute Gasteiger partial charge is 0.194 e. The summed E-state index contributed by atoms with van der Waals surface area (Å²) in [6.45, 7) is 7.21. The molecule has 0 unspecified atom stereocenters. The largest absolute Gasteiger partial charge is 0.497 e. The van der Waals surface area contributed by atoms with Gasteiger partial charge in [0.15, 0.2) is 17.5 Å². The Kier molecular flexibility index (Phi) is 7.65. The van der Waals surface area contributed by atoms with E-state index in [0.29, 0.717) is 6.54 Å². The van der Waals surface area contributed by atoms with Gasteiger partial charge in [-0.1, -0.05) is 12.1 Å². The summed E-state index contributed by atoms with van der Waals surface area (Å²) in [5.41, 5.74) is 2.28. The minimum absolute atomic E-state index is 0.582. The Morgan fingerprint density at radius 3 is 2.37 bits per heavy atom. The van der Waals surface area contributed by atoms with Crippen LogP contribution < -0.4 is 24.4 Å². The summed E-state index contributed by atoms with van der Waals surface area (Å²) in [7, 11) is 5.00. The minimum Gasteiger partial charge on any atom is -0.497 e. The van der Waals surface area contributed by atoms with E-state index in [1.807, 2.05) is 30.3 Å². The van der Waals surface area contributed by atoms with Crippen LogP contribution in [0.1, 0.15) is 12.5 Å². The van der Waals surface area contributed by atoms with E-state index in [-0.39, 0.29) is 0 Å². The SMILES string of the molecule is CCNC(=NCc1ccc(OC)c(OC)c1)N1CCN(c2cccc(OC)c2)CC1. The van der Waals surface area contributed by atoms with Crippen LogP contribution in [0.15, 0.2) is 47.5 Å². The Morgan fingerprint density at radius 2 is 1.70 bits per heavy atom. The first kappa shape index (κ1) is 21.6. The Hall–Kier alpha value is -3.09. The summed E-state index contributed by atoms with van der Waals surface area (Å²) in [4.78, 5) is 9.57. The number of nitrogens with zero attached hydrogens (tertiary/aromatic N) is 3. The lowest BCUT2D eigenvalue weighted by Gasteiger charge is -2.37. The van der Waals surface area contributed by atoms with Gasteiger partial charge in [0.1, 0.15) is 5.75 Å². The summed E-state index contributed by atoms with van der Waals surface area (Å²) in [5.74, 6) is 3.28. The van der Waals surface area contributed by atoms with Gasteiger partial charge in [-0.05, 0) is 36.8 Å². The van der Waals surface area contributed by atoms with E-state index in [1.54, 1.807) is 21.3 Å². The highest BCUT2D eigenvalue weighted by atomic mass is 16.5. The average Bonchev–Trinajstić information content (AvgIpc) is 2.81. The lowest BCUT2D eigenvalue weighted by Crippen LogP contribution is -2.52. The van der Waals surface area contributed by atoms with Gasteiger partial charge in [0.25, 0.3) is 0 Å². The fourth-order valence-electron chi connectivity index (χ4n) is 3.55. The molecule has 0 radical (unpaired) electrons. The highest BCUT2D eigenvalue weighted by Crippen LogP contribution is 2.28. The van der Waals surface area contributed by atoms with Crippen LogP contribution in [0.25, 0.3) is 0 Å². The van der Waals surface area contributed by atoms with Gasteiger partial charge in [0, 0.05) is 44.5 Å². The van der Waals surface area contributed by atoms with Gasteiger partial charge >= 0.3 is 0 Å². The second-order valence-corrected chi connectivity index (χ2v) is 7.04. The van der Waals surface area contributed by atoms with Crippen molar-refractivity contribution in [2.24, 2.45) is 4.99 Å². The van der Waals surface area contributed by atoms with Crippen LogP contribution >= 0.6 is 0 Å². The lowest BCUT2D eigenvalue weighted by atomic mass is 10.2. The van der Waals surface area contributed by atoms with Crippen LogP contribution in [0.2, 0.25) is 0 Å². The van der Waals surface area contributed by atoms with E-state index < -0.39 is 0 Å². The molecule has 30 heavy (non-hydrogen) atoms. The molecule has 1 fully saturated rings. The number of benzene rings is 2. The van der Waals surface area contributed by atoms with Gasteiger partial charge in [0.05, 0.1) is 27.9 Å². The third kappa shape index (κ3) is 5.28. The molecule has 1 aliphatic rings. The number of rotatable bonds is 7. The molecule has 0 bridgehead atoms. The zero-order valence-corrected chi connectivity index (χ0v) is 18.4. The standard InChI is InChI=1S/C23H32N4O3/c1-5-24-23(25-17-18-9-10-21(29-3)22(15-18)30-4)27-13-11-26(12-14-27)19-7-6-8-20(16-19)28-2/h6-10,15-16H,5,11-14,17H2,1-4H3,(H,24,25). The Labute approximate surface area is 179 Å². The number of hydrogen-bond acceptors (Lipinski definition) is 5. The van der Waals surface area contributed by atoms with Crippen molar-refractivity contribution in [3.8, 4) is 17.2 Å². The predicted octanol–water partition coefficient (Wildman–Crippen LogP) is 3.00. The second-order valence-electron chi connectivity index (χ2n) is 7.04. The van der Waals surface area contributed by atoms with Crippen molar-refractivity contribution in [3.63, 3.8) is 0 Å². The van der Waals surface area contributed by atoms with E-state index in [2.05, 4.69) is 34.2 Å². The molecule has 1 aliphatic heterocycles. The molecule has 0 spiro atoms. The predicted molar refractivity (Wildman–Crippen MR) is 121 cm³/mol. The van der Waals surface area contributed by atoms with Gasteiger partial charge in [-0.25, -0.2) is 4.99 Å². The maximum atomic E-state index is 5.40. The van der Waals surface area contributed by atoms with E-state index in [1.165, 1.54) is 5.69 Å². The Bertz CT molecular complexity index is 848. The Balaban J connectivity index is 1.65. The van der Waals surface area contributed by atoms with Crippen LogP contribution in [-0.2, 0) is 6.54 Å². The van der Waals surface area contributed by atoms with E-state index in [0.717, 1.165) is 61.5 Å². The molecule has 1 saturated heterocycles. The number of nitrogens with one attached hydrogen (secondary N) is 1. The van der Waals surface area contributed by atoms with Crippen molar-refractivity contribution in [1.29, 1.82) is 0 Å². The first-order chi connectivity index (χ1) is 14.7. The zero-order chi connectivity index (χ0) is 21.3. The molecule has 0 aromatic heterocycles. The highest BCUT2D eigenvalue weighted by Gasteiger charge is 2.20. The number of anilines is 1. The van der Waals surface area contributed by atoms with Crippen molar-refractivity contribution in [2.75, 3.05) is 59.0 Å². The molecule has 0 amide bonds. The van der Waals surface area contributed by atoms with Crippen LogP contribution in [-0.4, -0.2) is 64.9 Å². The van der Waals surface area contributed by atoms with Crippen molar-refractivity contribution in [3.05, 3.63) is 48.0 Å². The van der Waals surface area contributed by atoms with Crippen LogP contribution in [0, 0.1) is 0 Å². The van der Waals surface area contributed by atoms with Gasteiger partial charge in [-0.2, -0.15) is 0 Å². The van der Waals surface area contributed by atoms with Crippen LogP contribution in [0.5, 0.6) is 17.2 Å². The van der Waals surface area contributed by atoms with Gasteiger partial charge < -0.3 is 29.3 Å². The fraction of sp³-hybridized carbons (Fsp3) is 0.435. The second kappa shape index (κ2) is 10.6. The van der Waals surface area contributed by atoms with Crippen molar-refractivity contribution < 1.29 is 14.2 Å². The summed E-state index contributed by atoms with van der Waals surface area (Å²) < 4.78 is 16.1. The normalized spacial score (nSPS) is 14.5. The average molecular weight is 413 g/mol. The van der Waals surface area contributed by atoms with Gasteiger partial charge in [-0.3, -0.25) is 0 Å². The van der Waals surface area contributed by atoms with Gasteiger partial charge in [0.2, 0.25) is 0 Å². The lowest BCUT2D eigenvalue weighted by molar-refractivity contribution is 0.354. The zero-order valence-electron chi connectivity index (χ0n) is 18.4. The monoisotopic (exact) mass is 412 g/mol. The summed E-state index contributed by atoms with van der Waals surface area (Å²) in [5, 5.41) is 3.43. The quantitative estimate of drug-likeness (QED) is 0.557. The maximum Gasteiger partial charge on any atom is 0.194 e. The molecule has 1 heterocycles. The molecule has 0 saturated carbocycles. The van der Waals surface area contributed by atoms with E-state index >= 15 is 0 Å². The highest BCUT2D eigenvalue weighted by molar-refractivity contribution is 5.80. The molecule has 0 aliphatic carbocycles. The summed E-state index contributed by atoms with van der Waals surface area (Å²) in [6, 6.07) is 14.2. The topological polar surface area (TPSA) is 58.6 Å². The molecular weight excluding hydrogens is 380 g/mol. The van der Waals surface area contributed by atoms with E-state index in [4.69, 9.17) is 19.2 Å². The summed E-state index contributed by atoms with van der Waals surface area (Å²) >= 11 is 0. The number of piperazine rings is 1. The fourth-order valence-corrected chi connectivity index (χ4v) is 3.55. The maximum absolute atomic E-state index is 5.40. The first-order valence-electron chi connectivity index (χ1n) is 10.3. The number of methoxy groups -OCH3 is 3. The number of guanidine groups is 1. The third-order valence-electron chi connectivity index (χ3n) is 5.19.